The summed E-state index contributed by atoms with van der Waals surface area (Å²) in [5.74, 6) is -0.902. The third kappa shape index (κ3) is 10.4. The molecule has 75 heavy (non-hydrogen) atoms. The first-order chi connectivity index (χ1) is 36.3. The molecule has 0 bridgehead atoms. The van der Waals surface area contributed by atoms with Crippen LogP contribution in [-0.2, 0) is 9.59 Å². The Balaban J connectivity index is 0.000000184. The van der Waals surface area contributed by atoms with Crippen LogP contribution >= 0.6 is 0 Å². The van der Waals surface area contributed by atoms with Crippen molar-refractivity contribution < 1.29 is 29.0 Å². The summed E-state index contributed by atoms with van der Waals surface area (Å²) in [6.45, 7) is 9.31. The van der Waals surface area contributed by atoms with Gasteiger partial charge in [-0.2, -0.15) is 0 Å². The standard InChI is InChI=1S/C28H31N5O5.C27H29N5O5/c1-3-19(17-8-5-4-6-9-17)30-22-23(25(35)24(22)34)31-20-11-7-10-18(26(20)38-2)28(37)33-15-14-32-13-12-29-27(36)21(32)16-33;1-2-18(16-7-4-3-5-8-16)29-21-22(25(35)24(21)34)30-19-10-6-9-17(23(19)33)27(37)32-14-13-31-12-11-28-26(36)20(31)15-32/h4-11,19,21,30-31H,3,12-16H2,1-2H3,(H,29,36);3-10,18,20,29-30,33H,2,11-15H2,1H3,(H,28,36)/t19-,21?;18-,20?/m11/s1. The highest BCUT2D eigenvalue weighted by molar-refractivity contribution is 6.01. The van der Waals surface area contributed by atoms with Crippen molar-refractivity contribution in [3.05, 3.63) is 160 Å². The Labute approximate surface area is 432 Å². The minimum atomic E-state index is -0.694. The summed E-state index contributed by atoms with van der Waals surface area (Å²) in [4.78, 5) is 109. The van der Waals surface area contributed by atoms with E-state index in [1.807, 2.05) is 74.5 Å². The van der Waals surface area contributed by atoms with Gasteiger partial charge in [0, 0.05) is 65.4 Å². The number of piperazine rings is 4. The first-order valence-corrected chi connectivity index (χ1v) is 25.3. The third-order valence-corrected chi connectivity index (χ3v) is 14.5. The van der Waals surface area contributed by atoms with Crippen molar-refractivity contribution in [1.82, 2.24) is 30.2 Å². The summed E-state index contributed by atoms with van der Waals surface area (Å²) in [6, 6.07) is 27.9. The van der Waals surface area contributed by atoms with Gasteiger partial charge in [0.15, 0.2) is 11.5 Å². The molecule has 20 nitrogen and oxygen atoms in total. The largest absolute Gasteiger partial charge is 0.505 e. The van der Waals surface area contributed by atoms with Crippen molar-refractivity contribution in [2.45, 2.75) is 50.9 Å². The molecule has 390 valence electrons. The van der Waals surface area contributed by atoms with Crippen LogP contribution in [0.4, 0.5) is 34.1 Å². The van der Waals surface area contributed by atoms with Gasteiger partial charge in [-0.05, 0) is 48.2 Å². The predicted molar refractivity (Wildman–Crippen MR) is 285 cm³/mol. The number of rotatable bonds is 15. The second kappa shape index (κ2) is 22.4. The Kier molecular flexibility index (Phi) is 15.4. The second-order valence-electron chi connectivity index (χ2n) is 18.9. The van der Waals surface area contributed by atoms with Crippen LogP contribution < -0.4 is 58.4 Å². The van der Waals surface area contributed by atoms with E-state index in [4.69, 9.17) is 4.74 Å². The van der Waals surface area contributed by atoms with Crippen LogP contribution in [0.15, 0.2) is 116 Å². The van der Waals surface area contributed by atoms with Gasteiger partial charge in [-0.3, -0.25) is 48.2 Å². The number of methoxy groups -OCH3 is 1. The Morgan fingerprint density at radius 3 is 1.45 bits per heavy atom. The molecule has 7 N–H and O–H groups in total. The number of phenolic OH excluding ortho intramolecular Hbond substituents is 1. The average molecular weight is 1020 g/mol. The van der Waals surface area contributed by atoms with Crippen molar-refractivity contribution in [2.24, 2.45) is 0 Å². The number of amides is 4. The average Bonchev–Trinajstić information content (AvgIpc) is 3.45. The lowest BCUT2D eigenvalue weighted by atomic mass is 10.0. The molecule has 4 amide bonds. The fraction of sp³-hybridized carbons (Fsp3) is 0.345. The fourth-order valence-corrected chi connectivity index (χ4v) is 10.2. The summed E-state index contributed by atoms with van der Waals surface area (Å²) in [5, 5.41) is 28.9. The maximum atomic E-state index is 13.5. The summed E-state index contributed by atoms with van der Waals surface area (Å²) in [7, 11) is 1.45. The molecule has 20 heteroatoms. The number of anilines is 6. The van der Waals surface area contributed by atoms with E-state index >= 15 is 0 Å². The van der Waals surface area contributed by atoms with Gasteiger partial charge in [0.2, 0.25) is 11.8 Å². The maximum absolute atomic E-state index is 13.5. The number of benzene rings is 4. The van der Waals surface area contributed by atoms with E-state index in [1.54, 1.807) is 34.1 Å². The zero-order chi connectivity index (χ0) is 52.9. The maximum Gasteiger partial charge on any atom is 0.257 e. The second-order valence-corrected chi connectivity index (χ2v) is 18.9. The number of nitrogens with zero attached hydrogens (tertiary/aromatic N) is 4. The minimum Gasteiger partial charge on any atom is -0.505 e. The number of nitrogens with one attached hydrogen (secondary N) is 6. The number of phenols is 1. The van der Waals surface area contributed by atoms with E-state index in [2.05, 4.69) is 41.7 Å². The monoisotopic (exact) mass is 1020 g/mol. The summed E-state index contributed by atoms with van der Waals surface area (Å²) in [5.41, 5.74) is 0.894. The van der Waals surface area contributed by atoms with Crippen LogP contribution in [0.3, 0.4) is 0 Å². The Morgan fingerprint density at radius 2 is 0.987 bits per heavy atom. The van der Waals surface area contributed by atoms with Crippen LogP contribution in [0.5, 0.6) is 11.5 Å². The smallest absolute Gasteiger partial charge is 0.257 e. The van der Waals surface area contributed by atoms with Crippen molar-refractivity contribution in [3.63, 3.8) is 0 Å². The van der Waals surface area contributed by atoms with Gasteiger partial charge in [-0.1, -0.05) is 86.6 Å². The van der Waals surface area contributed by atoms with Gasteiger partial charge >= 0.3 is 0 Å². The van der Waals surface area contributed by atoms with Gasteiger partial charge in [0.25, 0.3) is 33.5 Å². The predicted octanol–water partition coefficient (Wildman–Crippen LogP) is 3.41. The minimum absolute atomic E-state index is 0.0479. The number of carbonyl (C=O) groups excluding carboxylic acids is 4. The van der Waals surface area contributed by atoms with E-state index < -0.39 is 33.7 Å². The Bertz CT molecular complexity index is 3240. The molecule has 10 rings (SSSR count). The van der Waals surface area contributed by atoms with Gasteiger partial charge < -0.3 is 51.5 Å². The normalized spacial score (nSPS) is 18.5. The lowest BCUT2D eigenvalue weighted by Gasteiger charge is -2.43. The molecule has 0 radical (unpaired) electrons. The van der Waals surface area contributed by atoms with E-state index in [0.29, 0.717) is 63.4 Å². The zero-order valence-corrected chi connectivity index (χ0v) is 41.9. The Morgan fingerprint density at radius 1 is 0.560 bits per heavy atom. The van der Waals surface area contributed by atoms with Crippen molar-refractivity contribution in [3.8, 4) is 11.5 Å². The van der Waals surface area contributed by atoms with Gasteiger partial charge in [0.1, 0.15) is 34.8 Å². The number of fused-ring (bicyclic) bond motifs is 2. The van der Waals surface area contributed by atoms with E-state index in [9.17, 15) is 43.5 Å². The number of carbonyl (C=O) groups is 4. The number of para-hydroxylation sites is 2. The van der Waals surface area contributed by atoms with Crippen molar-refractivity contribution in [2.75, 3.05) is 93.8 Å². The number of hydrogen-bond donors (Lipinski definition) is 7. The molecule has 2 unspecified atom stereocenters. The molecule has 0 saturated carbocycles. The Hall–Kier alpha value is -8.36. The molecular formula is C55H60N10O10. The van der Waals surface area contributed by atoms with Crippen LogP contribution in [-0.4, -0.2) is 133 Å². The first kappa shape index (κ1) is 51.5. The highest BCUT2D eigenvalue weighted by atomic mass is 16.5. The van der Waals surface area contributed by atoms with E-state index in [-0.39, 0.29) is 94.4 Å². The molecule has 4 saturated heterocycles. The molecule has 4 heterocycles. The quantitative estimate of drug-likeness (QED) is 0.0575. The molecule has 4 aliphatic heterocycles. The highest BCUT2D eigenvalue weighted by Crippen LogP contribution is 2.36. The van der Waals surface area contributed by atoms with Crippen molar-refractivity contribution in [1.29, 1.82) is 0 Å². The molecule has 6 aromatic carbocycles. The van der Waals surface area contributed by atoms with Crippen LogP contribution in [0.2, 0.25) is 0 Å². The summed E-state index contributed by atoms with van der Waals surface area (Å²) >= 11 is 0. The molecule has 4 atom stereocenters. The topological polar surface area (TPSA) is 251 Å². The molecule has 0 aromatic heterocycles. The number of aromatic hydroxyl groups is 1. The molecule has 4 aliphatic rings. The number of ether oxygens (including phenoxy) is 1. The lowest BCUT2D eigenvalue weighted by molar-refractivity contribution is -0.131. The van der Waals surface area contributed by atoms with Gasteiger partial charge in [-0.25, -0.2) is 0 Å². The van der Waals surface area contributed by atoms with Crippen LogP contribution in [0.25, 0.3) is 0 Å². The molecule has 4 fully saturated rings. The molecule has 0 spiro atoms. The van der Waals surface area contributed by atoms with Crippen molar-refractivity contribution >= 4 is 57.8 Å². The van der Waals surface area contributed by atoms with Gasteiger partial charge in [-0.15, -0.1) is 0 Å². The van der Waals surface area contributed by atoms with E-state index in [0.717, 1.165) is 24.2 Å². The highest BCUT2D eigenvalue weighted by Gasteiger charge is 2.39. The SMILES string of the molecule is CC[C@@H](Nc1c(Nc2cccc(C(=O)N3CCN4CCNC(=O)C4C3)c2O)c(=O)c1=O)c1ccccc1.CC[C@@H](Nc1c(Nc2cccc(C(=O)N3CCN4CCNC(=O)C4C3)c2OC)c(=O)c1=O)c1ccccc1. The molecule has 6 aromatic rings. The number of hydrogen-bond acceptors (Lipinski definition) is 16. The zero-order valence-electron chi connectivity index (χ0n) is 41.9. The molecule has 0 aliphatic carbocycles. The molecular weight excluding hydrogens is 961 g/mol. The van der Waals surface area contributed by atoms with Crippen LogP contribution in [0, 0.1) is 0 Å². The lowest BCUT2D eigenvalue weighted by Crippen LogP contribution is -2.64. The van der Waals surface area contributed by atoms with E-state index in [1.165, 1.54) is 19.2 Å². The summed E-state index contributed by atoms with van der Waals surface area (Å²) < 4.78 is 5.62. The fourth-order valence-electron chi connectivity index (χ4n) is 10.2. The third-order valence-electron chi connectivity index (χ3n) is 14.5. The first-order valence-electron chi connectivity index (χ1n) is 25.3. The summed E-state index contributed by atoms with van der Waals surface area (Å²) in [6.07, 6.45) is 1.39. The van der Waals surface area contributed by atoms with Crippen LogP contribution in [0.1, 0.15) is 70.6 Å². The van der Waals surface area contributed by atoms with Gasteiger partial charge in [0.05, 0.1) is 41.7 Å².